The predicted molar refractivity (Wildman–Crippen MR) is 54.2 cm³/mol. The molecule has 1 aliphatic rings. The van der Waals surface area contributed by atoms with Crippen molar-refractivity contribution in [2.45, 2.75) is 6.92 Å². The molecule has 0 bridgehead atoms. The van der Waals surface area contributed by atoms with Crippen molar-refractivity contribution in [1.82, 2.24) is 0 Å². The van der Waals surface area contributed by atoms with E-state index < -0.39 is 11.7 Å². The SMILES string of the molecule is Cc1cc(Cl)c2c(c1Cl)C(=O)C(=O)N2. The molecule has 1 amide bonds. The van der Waals surface area contributed by atoms with E-state index in [0.717, 1.165) is 0 Å². The summed E-state index contributed by atoms with van der Waals surface area (Å²) in [6, 6.07) is 1.61. The van der Waals surface area contributed by atoms with Gasteiger partial charge in [0.2, 0.25) is 0 Å². The molecule has 0 saturated heterocycles. The Bertz CT molecular complexity index is 468. The molecular formula is C9H5Cl2NO2. The molecule has 0 unspecified atom stereocenters. The van der Waals surface area contributed by atoms with Crippen LogP contribution in [0.1, 0.15) is 15.9 Å². The number of halogens is 2. The zero-order chi connectivity index (χ0) is 10.5. The van der Waals surface area contributed by atoms with Gasteiger partial charge in [0.15, 0.2) is 0 Å². The summed E-state index contributed by atoms with van der Waals surface area (Å²) in [6.07, 6.45) is 0. The average Bonchev–Trinajstić information content (AvgIpc) is 2.41. The van der Waals surface area contributed by atoms with Crippen LogP contribution in [0.25, 0.3) is 0 Å². The van der Waals surface area contributed by atoms with Crippen LogP contribution < -0.4 is 5.32 Å². The van der Waals surface area contributed by atoms with Crippen LogP contribution in [-0.4, -0.2) is 11.7 Å². The van der Waals surface area contributed by atoms with Gasteiger partial charge < -0.3 is 5.32 Å². The summed E-state index contributed by atoms with van der Waals surface area (Å²) in [6.45, 7) is 1.73. The maximum atomic E-state index is 11.4. The fraction of sp³-hybridized carbons (Fsp3) is 0.111. The van der Waals surface area contributed by atoms with Gasteiger partial charge in [0.25, 0.3) is 11.7 Å². The third-order valence-corrected chi connectivity index (χ3v) is 2.85. The number of carbonyl (C=O) groups excluding carboxylic acids is 2. The maximum absolute atomic E-state index is 11.4. The first-order valence-electron chi connectivity index (χ1n) is 3.86. The van der Waals surface area contributed by atoms with E-state index in [0.29, 0.717) is 16.3 Å². The Kier molecular flexibility index (Phi) is 2.01. The minimum absolute atomic E-state index is 0.182. The number of Topliss-reactive ketones (excluding diaryl/α,β-unsaturated/α-hetero) is 1. The lowest BCUT2D eigenvalue weighted by atomic mass is 10.1. The number of anilines is 1. The molecule has 1 heterocycles. The first-order valence-corrected chi connectivity index (χ1v) is 4.62. The first-order chi connectivity index (χ1) is 6.52. The van der Waals surface area contributed by atoms with E-state index in [-0.39, 0.29) is 10.6 Å². The third kappa shape index (κ3) is 1.13. The third-order valence-electron chi connectivity index (χ3n) is 2.07. The number of benzene rings is 1. The average molecular weight is 230 g/mol. The monoisotopic (exact) mass is 229 g/mol. The standard InChI is InChI=1S/C9H5Cl2NO2/c1-3-2-4(10)7-5(6(3)11)8(13)9(14)12-7/h2H,1H3,(H,12,13,14). The van der Waals surface area contributed by atoms with Crippen LogP contribution in [0.15, 0.2) is 6.07 Å². The van der Waals surface area contributed by atoms with Crippen molar-refractivity contribution in [3.63, 3.8) is 0 Å². The van der Waals surface area contributed by atoms with Gasteiger partial charge in [-0.15, -0.1) is 0 Å². The largest absolute Gasteiger partial charge is 0.317 e. The second-order valence-corrected chi connectivity index (χ2v) is 3.81. The van der Waals surface area contributed by atoms with Gasteiger partial charge >= 0.3 is 0 Å². The molecule has 3 nitrogen and oxygen atoms in total. The van der Waals surface area contributed by atoms with E-state index >= 15 is 0 Å². The molecule has 0 saturated carbocycles. The van der Waals surface area contributed by atoms with Crippen molar-refractivity contribution in [2.24, 2.45) is 0 Å². The summed E-state index contributed by atoms with van der Waals surface area (Å²) in [5.74, 6) is -1.31. The van der Waals surface area contributed by atoms with Crippen molar-refractivity contribution in [3.05, 3.63) is 27.2 Å². The van der Waals surface area contributed by atoms with Crippen LogP contribution in [0.3, 0.4) is 0 Å². The molecule has 1 aliphatic heterocycles. The minimum atomic E-state index is -0.686. The minimum Gasteiger partial charge on any atom is -0.317 e. The fourth-order valence-corrected chi connectivity index (χ4v) is 1.91. The molecule has 1 aromatic rings. The van der Waals surface area contributed by atoms with Gasteiger partial charge in [0.1, 0.15) is 0 Å². The molecule has 1 aromatic carbocycles. The highest BCUT2D eigenvalue weighted by molar-refractivity contribution is 6.56. The van der Waals surface area contributed by atoms with E-state index in [4.69, 9.17) is 23.2 Å². The van der Waals surface area contributed by atoms with Gasteiger partial charge in [-0.2, -0.15) is 0 Å². The summed E-state index contributed by atoms with van der Waals surface area (Å²) >= 11 is 11.8. The normalized spacial score (nSPS) is 14.2. The van der Waals surface area contributed by atoms with Gasteiger partial charge in [-0.25, -0.2) is 0 Å². The molecule has 0 aliphatic carbocycles. The van der Waals surface area contributed by atoms with Crippen molar-refractivity contribution >= 4 is 40.6 Å². The van der Waals surface area contributed by atoms with Crippen LogP contribution in [-0.2, 0) is 4.79 Å². The smallest absolute Gasteiger partial charge is 0.296 e. The molecule has 72 valence electrons. The maximum Gasteiger partial charge on any atom is 0.296 e. The van der Waals surface area contributed by atoms with Crippen LogP contribution in [0.4, 0.5) is 5.69 Å². The first kappa shape index (κ1) is 9.49. The second-order valence-electron chi connectivity index (χ2n) is 3.02. The molecule has 0 spiro atoms. The number of fused-ring (bicyclic) bond motifs is 1. The lowest BCUT2D eigenvalue weighted by Crippen LogP contribution is -2.12. The molecule has 0 atom stereocenters. The van der Waals surface area contributed by atoms with Gasteiger partial charge in [0.05, 0.1) is 21.3 Å². The Morgan fingerprint density at radius 3 is 2.57 bits per heavy atom. The number of rotatable bonds is 0. The number of hydrogen-bond acceptors (Lipinski definition) is 2. The zero-order valence-corrected chi connectivity index (χ0v) is 8.66. The summed E-state index contributed by atoms with van der Waals surface area (Å²) in [5, 5.41) is 3.00. The lowest BCUT2D eigenvalue weighted by Gasteiger charge is -2.05. The molecule has 1 N–H and O–H groups in total. The van der Waals surface area contributed by atoms with E-state index in [9.17, 15) is 9.59 Å². The highest BCUT2D eigenvalue weighted by Crippen LogP contribution is 2.38. The molecule has 5 heteroatoms. The predicted octanol–water partition coefficient (Wildman–Crippen LogP) is 2.44. The number of nitrogens with one attached hydrogen (secondary N) is 1. The molecule has 2 rings (SSSR count). The number of amides is 1. The van der Waals surface area contributed by atoms with Crippen molar-refractivity contribution in [2.75, 3.05) is 5.32 Å². The Labute approximate surface area is 90.0 Å². The summed E-state index contributed by atoms with van der Waals surface area (Å²) < 4.78 is 0. The molecule has 0 radical (unpaired) electrons. The van der Waals surface area contributed by atoms with Crippen molar-refractivity contribution in [3.8, 4) is 0 Å². The second kappa shape index (κ2) is 2.97. The summed E-state index contributed by atoms with van der Waals surface area (Å²) in [7, 11) is 0. The van der Waals surface area contributed by atoms with Gasteiger partial charge in [0, 0.05) is 0 Å². The van der Waals surface area contributed by atoms with Crippen LogP contribution >= 0.6 is 23.2 Å². The number of aryl methyl sites for hydroxylation is 1. The van der Waals surface area contributed by atoms with Gasteiger partial charge in [-0.3, -0.25) is 9.59 Å². The van der Waals surface area contributed by atoms with Gasteiger partial charge in [-0.1, -0.05) is 23.2 Å². The molecule has 14 heavy (non-hydrogen) atoms. The number of ketones is 1. The van der Waals surface area contributed by atoms with E-state index in [1.807, 2.05) is 0 Å². The molecule has 0 aromatic heterocycles. The Morgan fingerprint density at radius 1 is 1.29 bits per heavy atom. The number of hydrogen-bond donors (Lipinski definition) is 1. The Morgan fingerprint density at radius 2 is 1.93 bits per heavy atom. The zero-order valence-electron chi connectivity index (χ0n) is 7.15. The number of carbonyl (C=O) groups is 2. The lowest BCUT2D eigenvalue weighted by molar-refractivity contribution is -0.112. The van der Waals surface area contributed by atoms with E-state index in [2.05, 4.69) is 5.32 Å². The van der Waals surface area contributed by atoms with Crippen LogP contribution in [0.5, 0.6) is 0 Å². The molecule has 0 fully saturated rings. The fourth-order valence-electron chi connectivity index (χ4n) is 1.37. The topological polar surface area (TPSA) is 46.2 Å². The Hall–Kier alpha value is -1.06. The van der Waals surface area contributed by atoms with Crippen LogP contribution in [0, 0.1) is 6.92 Å². The Balaban J connectivity index is 2.80. The summed E-state index contributed by atoms with van der Waals surface area (Å²) in [5.41, 5.74) is 1.18. The van der Waals surface area contributed by atoms with Crippen LogP contribution in [0.2, 0.25) is 10.0 Å². The highest BCUT2D eigenvalue weighted by Gasteiger charge is 2.32. The summed E-state index contributed by atoms with van der Waals surface area (Å²) in [4.78, 5) is 22.4. The van der Waals surface area contributed by atoms with E-state index in [1.165, 1.54) is 0 Å². The van der Waals surface area contributed by atoms with Crippen molar-refractivity contribution < 1.29 is 9.59 Å². The molecular weight excluding hydrogens is 225 g/mol. The van der Waals surface area contributed by atoms with Gasteiger partial charge in [-0.05, 0) is 18.6 Å². The highest BCUT2D eigenvalue weighted by atomic mass is 35.5. The quantitative estimate of drug-likeness (QED) is 0.695. The van der Waals surface area contributed by atoms with E-state index in [1.54, 1.807) is 13.0 Å². The van der Waals surface area contributed by atoms with Crippen molar-refractivity contribution in [1.29, 1.82) is 0 Å².